The molecule has 1 aromatic carbocycles. The van der Waals surface area contributed by atoms with Gasteiger partial charge in [0.15, 0.2) is 6.61 Å². The first-order valence-corrected chi connectivity index (χ1v) is 7.25. The first-order chi connectivity index (χ1) is 10.9. The van der Waals surface area contributed by atoms with Crippen molar-refractivity contribution in [2.45, 2.75) is 26.3 Å². The van der Waals surface area contributed by atoms with Gasteiger partial charge in [0.2, 0.25) is 5.91 Å². The van der Waals surface area contributed by atoms with Crippen LogP contribution in [0.15, 0.2) is 24.3 Å². The molecule has 0 radical (unpaired) electrons. The molecule has 0 saturated carbocycles. The van der Waals surface area contributed by atoms with Gasteiger partial charge in [-0.15, -0.1) is 0 Å². The Hall–Kier alpha value is -2.57. The molecule has 23 heavy (non-hydrogen) atoms. The predicted molar refractivity (Wildman–Crippen MR) is 83.9 cm³/mol. The van der Waals surface area contributed by atoms with Crippen LogP contribution in [0, 0.1) is 0 Å². The van der Waals surface area contributed by atoms with Gasteiger partial charge in [0, 0.05) is 6.04 Å². The first kappa shape index (κ1) is 18.5. The lowest BCUT2D eigenvalue weighted by molar-refractivity contribution is -0.147. The van der Waals surface area contributed by atoms with Gasteiger partial charge in [0.05, 0.1) is 20.1 Å². The van der Waals surface area contributed by atoms with Gasteiger partial charge in [0.25, 0.3) is 5.91 Å². The second-order valence-electron chi connectivity index (χ2n) is 5.19. The molecule has 0 spiro atoms. The lowest BCUT2D eigenvalue weighted by atomic mass is 10.1. The smallest absolute Gasteiger partial charge is 0.310 e. The highest BCUT2D eigenvalue weighted by Gasteiger charge is 2.10. The number of hydrogen-bond acceptors (Lipinski definition) is 5. The normalized spacial score (nSPS) is 10.1. The van der Waals surface area contributed by atoms with E-state index in [1.54, 1.807) is 24.3 Å². The molecular weight excluding hydrogens is 300 g/mol. The third kappa shape index (κ3) is 7.85. The van der Waals surface area contributed by atoms with E-state index in [9.17, 15) is 14.4 Å². The summed E-state index contributed by atoms with van der Waals surface area (Å²) in [6, 6.07) is 7.02. The lowest BCUT2D eigenvalue weighted by Gasteiger charge is -2.09. The molecule has 2 N–H and O–H groups in total. The third-order valence-corrected chi connectivity index (χ3v) is 2.74. The Balaban J connectivity index is 2.29. The van der Waals surface area contributed by atoms with Crippen molar-refractivity contribution >= 4 is 17.8 Å². The summed E-state index contributed by atoms with van der Waals surface area (Å²) in [5, 5.41) is 5.01. The highest BCUT2D eigenvalue weighted by molar-refractivity contribution is 5.86. The van der Waals surface area contributed by atoms with E-state index >= 15 is 0 Å². The summed E-state index contributed by atoms with van der Waals surface area (Å²) in [4.78, 5) is 34.5. The Morgan fingerprint density at radius 3 is 2.57 bits per heavy atom. The van der Waals surface area contributed by atoms with Crippen LogP contribution >= 0.6 is 0 Å². The number of amides is 2. The maximum atomic E-state index is 11.7. The van der Waals surface area contributed by atoms with Gasteiger partial charge < -0.3 is 20.1 Å². The molecule has 0 bridgehead atoms. The minimum Gasteiger partial charge on any atom is -0.497 e. The number of esters is 1. The summed E-state index contributed by atoms with van der Waals surface area (Å²) in [5.41, 5.74) is 0.728. The Kier molecular flexibility index (Phi) is 7.59. The Labute approximate surface area is 135 Å². The minimum absolute atomic E-state index is 0.0000867. The van der Waals surface area contributed by atoms with Crippen LogP contribution < -0.4 is 15.4 Å². The van der Waals surface area contributed by atoms with Gasteiger partial charge >= 0.3 is 5.97 Å². The molecule has 0 aliphatic heterocycles. The quantitative estimate of drug-likeness (QED) is 0.677. The van der Waals surface area contributed by atoms with Crippen LogP contribution in [0.5, 0.6) is 5.75 Å². The molecule has 0 atom stereocenters. The zero-order valence-electron chi connectivity index (χ0n) is 13.5. The Morgan fingerprint density at radius 2 is 1.91 bits per heavy atom. The number of hydrogen-bond donors (Lipinski definition) is 2. The van der Waals surface area contributed by atoms with Crippen molar-refractivity contribution in [3.05, 3.63) is 29.8 Å². The summed E-state index contributed by atoms with van der Waals surface area (Å²) >= 11 is 0. The Morgan fingerprint density at radius 1 is 1.17 bits per heavy atom. The zero-order chi connectivity index (χ0) is 17.2. The van der Waals surface area contributed by atoms with E-state index in [1.165, 1.54) is 7.11 Å². The fourth-order valence-corrected chi connectivity index (χ4v) is 1.75. The van der Waals surface area contributed by atoms with Gasteiger partial charge in [-0.1, -0.05) is 12.1 Å². The van der Waals surface area contributed by atoms with Crippen molar-refractivity contribution in [1.29, 1.82) is 0 Å². The van der Waals surface area contributed by atoms with Crippen LogP contribution in [-0.4, -0.2) is 44.1 Å². The average Bonchev–Trinajstić information content (AvgIpc) is 2.50. The molecule has 0 aliphatic rings. The molecule has 7 heteroatoms. The Bertz CT molecular complexity index is 557. The lowest BCUT2D eigenvalue weighted by Crippen LogP contribution is -2.41. The SMILES string of the molecule is COc1cccc(CC(=O)OCC(=O)NCC(=O)NC(C)C)c1. The molecular formula is C16H22N2O5. The standard InChI is InChI=1S/C16H22N2O5/c1-11(2)18-14(19)9-17-15(20)10-23-16(21)8-12-5-4-6-13(7-12)22-3/h4-7,11H,8-10H2,1-3H3,(H,17,20)(H,18,19). The van der Waals surface area contributed by atoms with Gasteiger partial charge in [-0.25, -0.2) is 0 Å². The van der Waals surface area contributed by atoms with Crippen LogP contribution in [0.25, 0.3) is 0 Å². The summed E-state index contributed by atoms with van der Waals surface area (Å²) in [6.45, 7) is 3.07. The molecule has 7 nitrogen and oxygen atoms in total. The van der Waals surface area contributed by atoms with E-state index in [4.69, 9.17) is 9.47 Å². The van der Waals surface area contributed by atoms with E-state index in [2.05, 4.69) is 10.6 Å². The predicted octanol–water partition coefficient (Wildman–Crippen LogP) is 0.422. The topological polar surface area (TPSA) is 93.7 Å². The molecule has 1 aromatic rings. The van der Waals surface area contributed by atoms with E-state index < -0.39 is 18.5 Å². The average molecular weight is 322 g/mol. The first-order valence-electron chi connectivity index (χ1n) is 7.25. The fraction of sp³-hybridized carbons (Fsp3) is 0.438. The van der Waals surface area contributed by atoms with Crippen LogP contribution in [0.1, 0.15) is 19.4 Å². The van der Waals surface area contributed by atoms with Crippen LogP contribution in [0.4, 0.5) is 0 Å². The van der Waals surface area contributed by atoms with E-state index in [-0.39, 0.29) is 24.9 Å². The number of methoxy groups -OCH3 is 1. The van der Waals surface area contributed by atoms with Gasteiger partial charge in [-0.2, -0.15) is 0 Å². The maximum Gasteiger partial charge on any atom is 0.310 e. The number of nitrogens with one attached hydrogen (secondary N) is 2. The van der Waals surface area contributed by atoms with Crippen LogP contribution in [0.2, 0.25) is 0 Å². The number of carbonyl (C=O) groups excluding carboxylic acids is 3. The summed E-state index contributed by atoms with van der Waals surface area (Å²) < 4.78 is 9.93. The van der Waals surface area contributed by atoms with E-state index in [0.717, 1.165) is 5.56 Å². The molecule has 0 aliphatic carbocycles. The summed E-state index contributed by atoms with van der Waals surface area (Å²) in [7, 11) is 1.54. The van der Waals surface area contributed by atoms with Crippen molar-refractivity contribution in [3.8, 4) is 5.75 Å². The second-order valence-corrected chi connectivity index (χ2v) is 5.19. The van der Waals surface area contributed by atoms with Crippen molar-refractivity contribution in [2.75, 3.05) is 20.3 Å². The number of ether oxygens (including phenoxy) is 2. The van der Waals surface area contributed by atoms with Gasteiger partial charge in [-0.3, -0.25) is 14.4 Å². The number of rotatable bonds is 8. The van der Waals surface area contributed by atoms with E-state index in [1.807, 2.05) is 13.8 Å². The molecule has 0 aromatic heterocycles. The highest BCUT2D eigenvalue weighted by Crippen LogP contribution is 2.13. The zero-order valence-corrected chi connectivity index (χ0v) is 13.5. The molecule has 2 amide bonds. The molecule has 0 fully saturated rings. The third-order valence-electron chi connectivity index (χ3n) is 2.74. The highest BCUT2D eigenvalue weighted by atomic mass is 16.5. The molecule has 126 valence electrons. The molecule has 0 heterocycles. The number of carbonyl (C=O) groups is 3. The van der Waals surface area contributed by atoms with Gasteiger partial charge in [-0.05, 0) is 31.5 Å². The summed E-state index contributed by atoms with van der Waals surface area (Å²) in [5.74, 6) is -0.705. The summed E-state index contributed by atoms with van der Waals surface area (Å²) in [6.07, 6.45) is 0.0400. The van der Waals surface area contributed by atoms with Crippen molar-refractivity contribution in [3.63, 3.8) is 0 Å². The molecule has 0 unspecified atom stereocenters. The molecule has 0 saturated heterocycles. The fourth-order valence-electron chi connectivity index (χ4n) is 1.75. The van der Waals surface area contributed by atoms with Crippen LogP contribution in [0.3, 0.4) is 0 Å². The van der Waals surface area contributed by atoms with Crippen LogP contribution in [-0.2, 0) is 25.5 Å². The molecule has 1 rings (SSSR count). The van der Waals surface area contributed by atoms with Gasteiger partial charge in [0.1, 0.15) is 5.75 Å². The maximum absolute atomic E-state index is 11.7. The van der Waals surface area contributed by atoms with Crippen molar-refractivity contribution in [1.82, 2.24) is 10.6 Å². The minimum atomic E-state index is -0.528. The van der Waals surface area contributed by atoms with E-state index in [0.29, 0.717) is 5.75 Å². The second kappa shape index (κ2) is 9.45. The van der Waals surface area contributed by atoms with Crippen molar-refractivity contribution in [2.24, 2.45) is 0 Å². The number of benzene rings is 1. The largest absolute Gasteiger partial charge is 0.497 e. The van der Waals surface area contributed by atoms with Crippen molar-refractivity contribution < 1.29 is 23.9 Å². The monoisotopic (exact) mass is 322 g/mol.